The first-order valence-electron chi connectivity index (χ1n) is 23.8. The molecule has 0 N–H and O–H groups in total. The van der Waals surface area contributed by atoms with Crippen molar-refractivity contribution in [3.05, 3.63) is 279 Å². The van der Waals surface area contributed by atoms with Crippen molar-refractivity contribution in [3.63, 3.8) is 0 Å². The van der Waals surface area contributed by atoms with Crippen molar-refractivity contribution < 1.29 is 0 Å². The molecule has 324 valence electrons. The average Bonchev–Trinajstić information content (AvgIpc) is 3.96. The molecule has 13 rings (SSSR count). The lowest BCUT2D eigenvalue weighted by Crippen LogP contribution is -2.74. The van der Waals surface area contributed by atoms with E-state index in [2.05, 4.69) is 288 Å². The van der Waals surface area contributed by atoms with E-state index < -0.39 is 8.07 Å². The van der Waals surface area contributed by atoms with Gasteiger partial charge in [-0.1, -0.05) is 224 Å². The van der Waals surface area contributed by atoms with Gasteiger partial charge in [-0.3, -0.25) is 0 Å². The van der Waals surface area contributed by atoms with E-state index in [0.29, 0.717) is 0 Å². The van der Waals surface area contributed by atoms with Crippen LogP contribution in [0.4, 0.5) is 0 Å². The Kier molecular flexibility index (Phi) is 9.88. The summed E-state index contributed by atoms with van der Waals surface area (Å²) >= 11 is 0. The smallest absolute Gasteiger partial charge is 0.180 e. The van der Waals surface area contributed by atoms with Gasteiger partial charge in [-0.2, -0.15) is 0 Å². The quantitative estimate of drug-likeness (QED) is 0.101. The molecule has 2 heterocycles. The summed E-state index contributed by atoms with van der Waals surface area (Å²) in [6, 6.07) is 103. The van der Waals surface area contributed by atoms with Gasteiger partial charge in [0.25, 0.3) is 0 Å². The number of rotatable bonds is 9. The number of nitrogens with zero attached hydrogens (tertiary/aromatic N) is 2. The Balaban J connectivity index is 1.11. The lowest BCUT2D eigenvalue weighted by molar-refractivity contribution is 1.17. The lowest BCUT2D eigenvalue weighted by atomic mass is 9.98. The van der Waals surface area contributed by atoms with E-state index in [9.17, 15) is 0 Å². The zero-order valence-corrected chi connectivity index (χ0v) is 39.0. The first kappa shape index (κ1) is 40.5. The molecule has 0 radical (unpaired) electrons. The number of fused-ring (bicyclic) bond motifs is 6. The standard InChI is InChI=1S/C66H46N2Si/c1-7-23-47(24-8-1)50-43-51(48-25-9-2-10-26-48)45-53(44-50)68-61-42-41-52(46-59(61)65-57(36-21-38-62(65)68)49-27-11-3-12-28-49)67-60-37-20-19-35-58(60)66-63(67)39-22-40-64(66)69(54-29-13-4-14-30-54,55-31-15-5-16-32-55)56-33-17-6-18-34-56/h1-46H. The first-order valence-corrected chi connectivity index (χ1v) is 25.8. The minimum Gasteiger partial charge on any atom is -0.309 e. The lowest BCUT2D eigenvalue weighted by Gasteiger charge is -2.35. The number of hydrogen-bond donors (Lipinski definition) is 0. The summed E-state index contributed by atoms with van der Waals surface area (Å²) in [6.07, 6.45) is 0. The van der Waals surface area contributed by atoms with E-state index in [1.807, 2.05) is 0 Å². The molecule has 69 heavy (non-hydrogen) atoms. The molecule has 3 heteroatoms. The molecule has 11 aromatic carbocycles. The normalized spacial score (nSPS) is 11.8. The van der Waals surface area contributed by atoms with Crippen LogP contribution >= 0.6 is 0 Å². The van der Waals surface area contributed by atoms with Crippen molar-refractivity contribution in [2.24, 2.45) is 0 Å². The second-order valence-corrected chi connectivity index (χ2v) is 21.8. The molecule has 0 atom stereocenters. The third-order valence-electron chi connectivity index (χ3n) is 14.2. The van der Waals surface area contributed by atoms with Crippen LogP contribution in [0, 0.1) is 0 Å². The van der Waals surface area contributed by atoms with Gasteiger partial charge in [-0.15, -0.1) is 0 Å². The van der Waals surface area contributed by atoms with Crippen molar-refractivity contribution in [1.29, 1.82) is 0 Å². The van der Waals surface area contributed by atoms with Crippen molar-refractivity contribution in [1.82, 2.24) is 9.13 Å². The number of para-hydroxylation sites is 1. The maximum Gasteiger partial charge on any atom is 0.180 e. The summed E-state index contributed by atoms with van der Waals surface area (Å²) in [4.78, 5) is 0. The minimum absolute atomic E-state index is 1.12. The number of hydrogen-bond acceptors (Lipinski definition) is 0. The molecule has 2 aromatic heterocycles. The van der Waals surface area contributed by atoms with Crippen LogP contribution in [0.3, 0.4) is 0 Å². The van der Waals surface area contributed by atoms with Crippen LogP contribution in [0.2, 0.25) is 0 Å². The zero-order chi connectivity index (χ0) is 45.7. The average molecular weight is 895 g/mol. The maximum absolute atomic E-state index is 2.90. The fraction of sp³-hybridized carbons (Fsp3) is 0. The van der Waals surface area contributed by atoms with E-state index in [0.717, 1.165) is 16.9 Å². The predicted molar refractivity (Wildman–Crippen MR) is 295 cm³/mol. The van der Waals surface area contributed by atoms with Gasteiger partial charge in [-0.25, -0.2) is 0 Å². The van der Waals surface area contributed by atoms with Gasteiger partial charge in [0, 0.05) is 32.9 Å². The van der Waals surface area contributed by atoms with Crippen LogP contribution in [-0.2, 0) is 0 Å². The Bertz CT molecular complexity index is 3820. The molecular formula is C66H46N2Si. The van der Waals surface area contributed by atoms with Crippen LogP contribution in [0.1, 0.15) is 0 Å². The largest absolute Gasteiger partial charge is 0.309 e. The van der Waals surface area contributed by atoms with Gasteiger partial charge in [0.15, 0.2) is 8.07 Å². The monoisotopic (exact) mass is 894 g/mol. The Morgan fingerprint density at radius 1 is 0.246 bits per heavy atom. The molecule has 0 aliphatic rings. The van der Waals surface area contributed by atoms with Gasteiger partial charge >= 0.3 is 0 Å². The Labute approximate surface area is 403 Å². The molecule has 0 amide bonds. The van der Waals surface area contributed by atoms with Gasteiger partial charge in [0.1, 0.15) is 0 Å². The third kappa shape index (κ3) is 6.62. The molecule has 2 nitrogen and oxygen atoms in total. The van der Waals surface area contributed by atoms with E-state index in [1.165, 1.54) is 92.2 Å². The fourth-order valence-electron chi connectivity index (χ4n) is 11.3. The first-order chi connectivity index (χ1) is 34.3. The Morgan fingerprint density at radius 3 is 1.25 bits per heavy atom. The molecule has 0 fully saturated rings. The molecule has 0 aliphatic heterocycles. The molecule has 0 bridgehead atoms. The van der Waals surface area contributed by atoms with E-state index in [1.54, 1.807) is 0 Å². The summed E-state index contributed by atoms with van der Waals surface area (Å²) < 4.78 is 5.01. The summed E-state index contributed by atoms with van der Waals surface area (Å²) in [5, 5.41) is 10.5. The third-order valence-corrected chi connectivity index (χ3v) is 19.1. The molecule has 0 aliphatic carbocycles. The van der Waals surface area contributed by atoms with Crippen LogP contribution in [0.5, 0.6) is 0 Å². The minimum atomic E-state index is -2.90. The van der Waals surface area contributed by atoms with Crippen molar-refractivity contribution in [3.8, 4) is 44.8 Å². The van der Waals surface area contributed by atoms with Crippen molar-refractivity contribution in [2.75, 3.05) is 0 Å². The summed E-state index contributed by atoms with van der Waals surface area (Å²) in [5.74, 6) is 0. The molecular weight excluding hydrogens is 849 g/mol. The summed E-state index contributed by atoms with van der Waals surface area (Å²) in [6.45, 7) is 0. The molecule has 0 unspecified atom stereocenters. The van der Waals surface area contributed by atoms with E-state index in [-0.39, 0.29) is 0 Å². The predicted octanol–water partition coefficient (Wildman–Crippen LogP) is 14.3. The highest BCUT2D eigenvalue weighted by atomic mass is 28.3. The van der Waals surface area contributed by atoms with Crippen molar-refractivity contribution >= 4 is 72.4 Å². The fourth-order valence-corrected chi connectivity index (χ4v) is 16.3. The SMILES string of the molecule is c1ccc(-c2cc(-c3ccccc3)cc(-n3c4ccc(-n5c6ccccc6c6c([Si](c7ccccc7)(c7ccccc7)c7ccccc7)cccc65)cc4c4c(-c5ccccc5)cccc43)c2)cc1. The summed E-state index contributed by atoms with van der Waals surface area (Å²) in [5.41, 5.74) is 14.1. The maximum atomic E-state index is 2.52. The highest BCUT2D eigenvalue weighted by Gasteiger charge is 2.43. The van der Waals surface area contributed by atoms with Crippen LogP contribution in [0.25, 0.3) is 88.4 Å². The van der Waals surface area contributed by atoms with Crippen LogP contribution in [-0.4, -0.2) is 17.2 Å². The number of benzene rings is 11. The summed E-state index contributed by atoms with van der Waals surface area (Å²) in [7, 11) is -2.90. The second-order valence-electron chi connectivity index (χ2n) is 18.0. The highest BCUT2D eigenvalue weighted by Crippen LogP contribution is 2.42. The second kappa shape index (κ2) is 16.8. The van der Waals surface area contributed by atoms with Gasteiger partial charge in [0.05, 0.1) is 22.1 Å². The Hall–Kier alpha value is -8.76. The molecule has 0 saturated carbocycles. The highest BCUT2D eigenvalue weighted by molar-refractivity contribution is 7.20. The Morgan fingerprint density at radius 2 is 0.681 bits per heavy atom. The van der Waals surface area contributed by atoms with Crippen molar-refractivity contribution in [2.45, 2.75) is 0 Å². The van der Waals surface area contributed by atoms with Gasteiger partial charge in [0.2, 0.25) is 0 Å². The molecule has 13 aromatic rings. The topological polar surface area (TPSA) is 9.86 Å². The van der Waals surface area contributed by atoms with E-state index >= 15 is 0 Å². The van der Waals surface area contributed by atoms with Crippen LogP contribution in [0.15, 0.2) is 279 Å². The molecule has 0 saturated heterocycles. The van der Waals surface area contributed by atoms with E-state index in [4.69, 9.17) is 0 Å². The van der Waals surface area contributed by atoms with Gasteiger partial charge in [-0.05, 0) is 109 Å². The number of aromatic nitrogens is 2. The zero-order valence-electron chi connectivity index (χ0n) is 38.0. The van der Waals surface area contributed by atoms with Crippen LogP contribution < -0.4 is 20.7 Å². The molecule has 0 spiro atoms. The van der Waals surface area contributed by atoms with Gasteiger partial charge < -0.3 is 9.13 Å².